The normalized spacial score (nSPS) is 30.0. The van der Waals surface area contributed by atoms with Gasteiger partial charge in [-0.3, -0.25) is 0 Å². The first-order valence-electron chi connectivity index (χ1n) is 4.69. The standard InChI is InChI=1S/C11H13NO2/c1-7-2-4-8(5-3-7)9-6-11(9,12)10(13)14/h2-5,9H,6,12H2,1H3,(H,13,14)/p+1/t9-,11+/m1/s1. The summed E-state index contributed by atoms with van der Waals surface area (Å²) in [5.74, 6) is -0.691. The van der Waals surface area contributed by atoms with E-state index < -0.39 is 11.5 Å². The summed E-state index contributed by atoms with van der Waals surface area (Å²) in [5, 5.41) is 8.94. The zero-order valence-electron chi connectivity index (χ0n) is 8.16. The molecule has 0 bridgehead atoms. The maximum Gasteiger partial charge on any atom is 0.366 e. The lowest BCUT2D eigenvalue weighted by molar-refractivity contribution is -0.426. The Hall–Kier alpha value is -1.35. The fourth-order valence-corrected chi connectivity index (χ4v) is 1.78. The molecule has 2 rings (SSSR count). The second kappa shape index (κ2) is 2.82. The summed E-state index contributed by atoms with van der Waals surface area (Å²) in [6.45, 7) is 2.02. The van der Waals surface area contributed by atoms with Gasteiger partial charge in [-0.25, -0.2) is 4.79 Å². The molecule has 0 heterocycles. The first-order chi connectivity index (χ1) is 6.54. The third kappa shape index (κ3) is 1.30. The van der Waals surface area contributed by atoms with E-state index in [0.29, 0.717) is 6.42 Å². The van der Waals surface area contributed by atoms with Gasteiger partial charge in [-0.15, -0.1) is 0 Å². The zero-order chi connectivity index (χ0) is 10.3. The summed E-state index contributed by atoms with van der Waals surface area (Å²) in [7, 11) is 0. The maximum absolute atomic E-state index is 10.9. The van der Waals surface area contributed by atoms with E-state index in [9.17, 15) is 4.79 Å². The van der Waals surface area contributed by atoms with Crippen molar-refractivity contribution in [3.05, 3.63) is 35.4 Å². The van der Waals surface area contributed by atoms with Gasteiger partial charge in [0.05, 0.1) is 5.92 Å². The van der Waals surface area contributed by atoms with Crippen molar-refractivity contribution in [2.75, 3.05) is 0 Å². The van der Waals surface area contributed by atoms with Gasteiger partial charge in [-0.1, -0.05) is 29.8 Å². The number of carboxylic acid groups (broad SMARTS) is 1. The summed E-state index contributed by atoms with van der Waals surface area (Å²) in [4.78, 5) is 10.9. The van der Waals surface area contributed by atoms with Crippen molar-refractivity contribution < 1.29 is 15.6 Å². The molecule has 3 nitrogen and oxygen atoms in total. The number of quaternary nitrogens is 1. The third-order valence-electron chi connectivity index (χ3n) is 2.98. The van der Waals surface area contributed by atoms with Gasteiger partial charge < -0.3 is 10.8 Å². The fourth-order valence-electron chi connectivity index (χ4n) is 1.78. The van der Waals surface area contributed by atoms with Crippen LogP contribution in [0.2, 0.25) is 0 Å². The first-order valence-corrected chi connectivity index (χ1v) is 4.69. The van der Waals surface area contributed by atoms with Crippen molar-refractivity contribution in [1.82, 2.24) is 0 Å². The molecule has 1 fully saturated rings. The van der Waals surface area contributed by atoms with E-state index in [1.807, 2.05) is 31.2 Å². The molecule has 2 atom stereocenters. The van der Waals surface area contributed by atoms with E-state index in [1.54, 1.807) is 0 Å². The topological polar surface area (TPSA) is 64.9 Å². The Morgan fingerprint density at radius 2 is 2.07 bits per heavy atom. The van der Waals surface area contributed by atoms with Crippen LogP contribution in [0.3, 0.4) is 0 Å². The molecule has 1 aromatic rings. The first kappa shape index (κ1) is 9.21. The summed E-state index contributed by atoms with van der Waals surface area (Å²) < 4.78 is 0. The van der Waals surface area contributed by atoms with Crippen molar-refractivity contribution >= 4 is 5.97 Å². The van der Waals surface area contributed by atoms with Crippen LogP contribution >= 0.6 is 0 Å². The number of aliphatic carboxylic acids is 1. The Morgan fingerprint density at radius 3 is 2.50 bits per heavy atom. The maximum atomic E-state index is 10.9. The predicted molar refractivity (Wildman–Crippen MR) is 51.8 cm³/mol. The summed E-state index contributed by atoms with van der Waals surface area (Å²) >= 11 is 0. The van der Waals surface area contributed by atoms with Crippen molar-refractivity contribution in [1.29, 1.82) is 0 Å². The molecule has 1 aliphatic rings. The Morgan fingerprint density at radius 1 is 1.50 bits per heavy atom. The molecule has 3 heteroatoms. The highest BCUT2D eigenvalue weighted by molar-refractivity contribution is 5.82. The van der Waals surface area contributed by atoms with Crippen molar-refractivity contribution in [2.24, 2.45) is 0 Å². The van der Waals surface area contributed by atoms with Crippen LogP contribution in [0.1, 0.15) is 23.5 Å². The SMILES string of the molecule is Cc1ccc([C@H]2C[C@@]2([NH3+])C(=O)O)cc1. The van der Waals surface area contributed by atoms with E-state index in [2.05, 4.69) is 5.73 Å². The van der Waals surface area contributed by atoms with Crippen LogP contribution in [0, 0.1) is 6.92 Å². The second-order valence-corrected chi connectivity index (χ2v) is 4.13. The molecule has 1 saturated carbocycles. The molecule has 0 saturated heterocycles. The number of aryl methyl sites for hydroxylation is 1. The van der Waals surface area contributed by atoms with Gasteiger partial charge in [-0.05, 0) is 12.5 Å². The number of rotatable bonds is 2. The van der Waals surface area contributed by atoms with Gasteiger partial charge in [0.2, 0.25) is 5.54 Å². The molecular weight excluding hydrogens is 178 g/mol. The van der Waals surface area contributed by atoms with E-state index in [-0.39, 0.29) is 5.92 Å². The van der Waals surface area contributed by atoms with Crippen LogP contribution in [0.4, 0.5) is 0 Å². The zero-order valence-corrected chi connectivity index (χ0v) is 8.16. The average Bonchev–Trinajstić information content (AvgIpc) is 2.81. The van der Waals surface area contributed by atoms with Gasteiger partial charge >= 0.3 is 5.97 Å². The molecular formula is C11H14NO2+. The molecule has 1 aliphatic carbocycles. The highest BCUT2D eigenvalue weighted by Gasteiger charge is 2.62. The number of carboxylic acids is 1. The lowest BCUT2D eigenvalue weighted by Gasteiger charge is -2.02. The van der Waals surface area contributed by atoms with Crippen LogP contribution in [-0.2, 0) is 4.79 Å². The summed E-state index contributed by atoms with van der Waals surface area (Å²) in [6, 6.07) is 8.01. The molecule has 14 heavy (non-hydrogen) atoms. The van der Waals surface area contributed by atoms with E-state index >= 15 is 0 Å². The smallest absolute Gasteiger partial charge is 0.366 e. The Bertz CT molecular complexity index is 371. The summed E-state index contributed by atoms with van der Waals surface area (Å²) in [5.41, 5.74) is 5.28. The van der Waals surface area contributed by atoms with Gasteiger partial charge in [0, 0.05) is 6.42 Å². The molecule has 0 aliphatic heterocycles. The molecule has 0 spiro atoms. The number of hydrogen-bond acceptors (Lipinski definition) is 1. The molecule has 0 unspecified atom stereocenters. The van der Waals surface area contributed by atoms with Crippen LogP contribution in [0.5, 0.6) is 0 Å². The Labute approximate surface area is 82.5 Å². The Balaban J connectivity index is 2.21. The fraction of sp³-hybridized carbons (Fsp3) is 0.364. The van der Waals surface area contributed by atoms with Gasteiger partial charge in [0.25, 0.3) is 0 Å². The van der Waals surface area contributed by atoms with Crippen LogP contribution < -0.4 is 5.73 Å². The monoisotopic (exact) mass is 192 g/mol. The lowest BCUT2D eigenvalue weighted by Crippen LogP contribution is -2.68. The van der Waals surface area contributed by atoms with Gasteiger partial charge in [-0.2, -0.15) is 0 Å². The molecule has 0 radical (unpaired) electrons. The quantitative estimate of drug-likeness (QED) is 0.718. The van der Waals surface area contributed by atoms with E-state index in [4.69, 9.17) is 5.11 Å². The predicted octanol–water partition coefficient (Wildman–Crippen LogP) is 0.548. The largest absolute Gasteiger partial charge is 0.477 e. The van der Waals surface area contributed by atoms with E-state index in [0.717, 1.165) is 5.56 Å². The van der Waals surface area contributed by atoms with Crippen molar-refractivity contribution in [3.8, 4) is 0 Å². The minimum absolute atomic E-state index is 0.0978. The van der Waals surface area contributed by atoms with Crippen LogP contribution in [-0.4, -0.2) is 16.6 Å². The second-order valence-electron chi connectivity index (χ2n) is 4.13. The number of benzene rings is 1. The number of carbonyl (C=O) groups is 1. The number of hydrogen-bond donors (Lipinski definition) is 2. The van der Waals surface area contributed by atoms with Gasteiger partial charge in [0.1, 0.15) is 0 Å². The van der Waals surface area contributed by atoms with Crippen molar-refractivity contribution in [2.45, 2.75) is 24.8 Å². The molecule has 0 aromatic heterocycles. The van der Waals surface area contributed by atoms with Crippen LogP contribution in [0.15, 0.2) is 24.3 Å². The lowest BCUT2D eigenvalue weighted by atomic mass is 10.1. The highest BCUT2D eigenvalue weighted by atomic mass is 16.4. The van der Waals surface area contributed by atoms with Crippen LogP contribution in [0.25, 0.3) is 0 Å². The molecule has 74 valence electrons. The minimum Gasteiger partial charge on any atom is -0.477 e. The van der Waals surface area contributed by atoms with Gasteiger partial charge in [0.15, 0.2) is 0 Å². The van der Waals surface area contributed by atoms with E-state index in [1.165, 1.54) is 5.56 Å². The molecule has 0 amide bonds. The van der Waals surface area contributed by atoms with Crippen molar-refractivity contribution in [3.63, 3.8) is 0 Å². The highest BCUT2D eigenvalue weighted by Crippen LogP contribution is 2.47. The minimum atomic E-state index is -0.789. The average molecular weight is 192 g/mol. The summed E-state index contributed by atoms with van der Waals surface area (Å²) in [6.07, 6.45) is 0.658. The molecule has 4 N–H and O–H groups in total. The molecule has 1 aromatic carbocycles. The third-order valence-corrected chi connectivity index (χ3v) is 2.98. The Kier molecular flexibility index (Phi) is 1.86.